The smallest absolute Gasteiger partial charge is 0.131 e. The van der Waals surface area contributed by atoms with Crippen molar-refractivity contribution in [2.75, 3.05) is 7.05 Å². The van der Waals surface area contributed by atoms with E-state index in [2.05, 4.69) is 22.2 Å². The van der Waals surface area contributed by atoms with Crippen LogP contribution in [0.3, 0.4) is 0 Å². The van der Waals surface area contributed by atoms with Crippen LogP contribution in [-0.2, 0) is 6.54 Å². The molecule has 88 valence electrons. The summed E-state index contributed by atoms with van der Waals surface area (Å²) in [5.41, 5.74) is 1.16. The fourth-order valence-electron chi connectivity index (χ4n) is 2.39. The number of hydrogen-bond donors (Lipinski definition) is 1. The topological polar surface area (TPSA) is 37.8 Å². The van der Waals surface area contributed by atoms with Gasteiger partial charge in [0.05, 0.1) is 0 Å². The molecule has 0 unspecified atom stereocenters. The van der Waals surface area contributed by atoms with E-state index in [9.17, 15) is 0 Å². The average molecular weight is 219 g/mol. The van der Waals surface area contributed by atoms with Crippen molar-refractivity contribution in [2.45, 2.75) is 45.1 Å². The zero-order chi connectivity index (χ0) is 11.4. The van der Waals surface area contributed by atoms with Crippen LogP contribution >= 0.6 is 0 Å². The largest absolute Gasteiger partial charge is 0.316 e. The first-order chi connectivity index (χ1) is 7.79. The number of nitrogens with zero attached hydrogens (tertiary/aromatic N) is 2. The molecule has 1 aromatic heterocycles. The van der Waals surface area contributed by atoms with Gasteiger partial charge in [-0.25, -0.2) is 9.97 Å². The summed E-state index contributed by atoms with van der Waals surface area (Å²) in [6.07, 6.45) is 9.07. The summed E-state index contributed by atoms with van der Waals surface area (Å²) in [7, 11) is 1.94. The summed E-state index contributed by atoms with van der Waals surface area (Å²) >= 11 is 0. The Morgan fingerprint density at radius 3 is 2.38 bits per heavy atom. The molecule has 1 fully saturated rings. The van der Waals surface area contributed by atoms with Gasteiger partial charge in [-0.3, -0.25) is 0 Å². The molecule has 0 aliphatic heterocycles. The van der Waals surface area contributed by atoms with Gasteiger partial charge < -0.3 is 5.32 Å². The van der Waals surface area contributed by atoms with Crippen LogP contribution in [0.1, 0.15) is 49.9 Å². The molecule has 1 heterocycles. The first-order valence-corrected chi connectivity index (χ1v) is 6.25. The van der Waals surface area contributed by atoms with Crippen molar-refractivity contribution < 1.29 is 0 Å². The molecule has 2 rings (SSSR count). The van der Waals surface area contributed by atoms with Gasteiger partial charge in [0.25, 0.3) is 0 Å². The lowest BCUT2D eigenvalue weighted by molar-refractivity contribution is 0.339. The molecule has 0 saturated heterocycles. The van der Waals surface area contributed by atoms with E-state index in [0.717, 1.165) is 23.9 Å². The first kappa shape index (κ1) is 11.5. The molecule has 1 saturated carbocycles. The van der Waals surface area contributed by atoms with Crippen molar-refractivity contribution in [1.29, 1.82) is 0 Å². The molecule has 16 heavy (non-hydrogen) atoms. The van der Waals surface area contributed by atoms with Gasteiger partial charge in [-0.05, 0) is 25.8 Å². The second-order valence-electron chi connectivity index (χ2n) is 4.94. The number of rotatable bonds is 3. The van der Waals surface area contributed by atoms with Crippen LogP contribution in [0.25, 0.3) is 0 Å². The summed E-state index contributed by atoms with van der Waals surface area (Å²) in [6, 6.07) is 0. The Balaban J connectivity index is 1.98. The van der Waals surface area contributed by atoms with Crippen molar-refractivity contribution in [1.82, 2.24) is 15.3 Å². The lowest BCUT2D eigenvalue weighted by Crippen LogP contribution is -2.14. The lowest BCUT2D eigenvalue weighted by atomic mass is 9.82. The van der Waals surface area contributed by atoms with Crippen LogP contribution in [-0.4, -0.2) is 17.0 Å². The van der Waals surface area contributed by atoms with Gasteiger partial charge in [0, 0.05) is 30.4 Å². The van der Waals surface area contributed by atoms with Crippen LogP contribution in [0, 0.1) is 5.92 Å². The summed E-state index contributed by atoms with van der Waals surface area (Å²) < 4.78 is 0. The van der Waals surface area contributed by atoms with Crippen LogP contribution in [0.5, 0.6) is 0 Å². The maximum atomic E-state index is 4.49. The molecular formula is C13H21N3. The Hall–Kier alpha value is -0.960. The van der Waals surface area contributed by atoms with E-state index < -0.39 is 0 Å². The minimum Gasteiger partial charge on any atom is -0.316 e. The number of aromatic nitrogens is 2. The SMILES string of the molecule is CNCc1cnc(C2CCC(C)CC2)nc1. The predicted octanol–water partition coefficient (Wildman–Crippen LogP) is 2.49. The second-order valence-corrected chi connectivity index (χ2v) is 4.94. The summed E-state index contributed by atoms with van der Waals surface area (Å²) in [4.78, 5) is 8.99. The van der Waals surface area contributed by atoms with Crippen LogP contribution < -0.4 is 5.32 Å². The molecule has 0 amide bonds. The van der Waals surface area contributed by atoms with Crippen LogP contribution in [0.15, 0.2) is 12.4 Å². The quantitative estimate of drug-likeness (QED) is 0.848. The number of nitrogens with one attached hydrogen (secondary N) is 1. The number of hydrogen-bond acceptors (Lipinski definition) is 3. The molecule has 0 bridgehead atoms. The fourth-order valence-corrected chi connectivity index (χ4v) is 2.39. The third-order valence-corrected chi connectivity index (χ3v) is 3.49. The highest BCUT2D eigenvalue weighted by Crippen LogP contribution is 2.33. The van der Waals surface area contributed by atoms with Crippen LogP contribution in [0.4, 0.5) is 0 Å². The molecule has 0 aromatic carbocycles. The Labute approximate surface area is 97.7 Å². The highest BCUT2D eigenvalue weighted by Gasteiger charge is 2.21. The van der Waals surface area contributed by atoms with Gasteiger partial charge in [0.1, 0.15) is 5.82 Å². The Morgan fingerprint density at radius 2 is 1.81 bits per heavy atom. The molecule has 1 aliphatic carbocycles. The maximum absolute atomic E-state index is 4.49. The zero-order valence-corrected chi connectivity index (χ0v) is 10.2. The molecule has 3 nitrogen and oxygen atoms in total. The minimum atomic E-state index is 0.597. The van der Waals surface area contributed by atoms with Gasteiger partial charge in [0.15, 0.2) is 0 Å². The highest BCUT2D eigenvalue weighted by molar-refractivity contribution is 5.07. The second kappa shape index (κ2) is 5.39. The van der Waals surface area contributed by atoms with Gasteiger partial charge >= 0.3 is 0 Å². The van der Waals surface area contributed by atoms with E-state index in [4.69, 9.17) is 0 Å². The third-order valence-electron chi connectivity index (χ3n) is 3.49. The van der Waals surface area contributed by atoms with Crippen molar-refractivity contribution in [2.24, 2.45) is 5.92 Å². The Bertz CT molecular complexity index is 312. The lowest BCUT2D eigenvalue weighted by Gasteiger charge is -2.24. The predicted molar refractivity (Wildman–Crippen MR) is 65.2 cm³/mol. The Morgan fingerprint density at radius 1 is 1.19 bits per heavy atom. The molecule has 0 atom stereocenters. The monoisotopic (exact) mass is 219 g/mol. The van der Waals surface area contributed by atoms with Gasteiger partial charge in [-0.15, -0.1) is 0 Å². The normalized spacial score (nSPS) is 25.6. The molecule has 3 heteroatoms. The third kappa shape index (κ3) is 2.79. The maximum Gasteiger partial charge on any atom is 0.131 e. The average Bonchev–Trinajstić information content (AvgIpc) is 2.32. The van der Waals surface area contributed by atoms with Gasteiger partial charge in [-0.1, -0.05) is 19.8 Å². The van der Waals surface area contributed by atoms with E-state index in [1.807, 2.05) is 19.4 Å². The standard InChI is InChI=1S/C13H21N3/c1-10-3-5-12(6-4-10)13-15-8-11(7-14-2)9-16-13/h8-10,12,14H,3-7H2,1-2H3. The minimum absolute atomic E-state index is 0.597. The van der Waals surface area contributed by atoms with Gasteiger partial charge in [-0.2, -0.15) is 0 Å². The first-order valence-electron chi connectivity index (χ1n) is 6.25. The molecule has 1 aromatic rings. The van der Waals surface area contributed by atoms with Crippen LogP contribution in [0.2, 0.25) is 0 Å². The van der Waals surface area contributed by atoms with E-state index >= 15 is 0 Å². The summed E-state index contributed by atoms with van der Waals surface area (Å²) in [5, 5.41) is 3.11. The summed E-state index contributed by atoms with van der Waals surface area (Å²) in [5.74, 6) is 2.53. The highest BCUT2D eigenvalue weighted by atomic mass is 14.9. The van der Waals surface area contributed by atoms with E-state index in [1.54, 1.807) is 0 Å². The Kier molecular flexibility index (Phi) is 3.88. The molecule has 1 aliphatic rings. The zero-order valence-electron chi connectivity index (χ0n) is 10.2. The van der Waals surface area contributed by atoms with Crippen molar-refractivity contribution in [3.63, 3.8) is 0 Å². The molecule has 0 spiro atoms. The van der Waals surface area contributed by atoms with Crippen molar-refractivity contribution >= 4 is 0 Å². The van der Waals surface area contributed by atoms with Crippen molar-refractivity contribution in [3.8, 4) is 0 Å². The van der Waals surface area contributed by atoms with Gasteiger partial charge in [0.2, 0.25) is 0 Å². The molecule has 0 radical (unpaired) electrons. The summed E-state index contributed by atoms with van der Waals surface area (Å²) in [6.45, 7) is 3.19. The van der Waals surface area contributed by atoms with E-state index in [1.165, 1.54) is 25.7 Å². The van der Waals surface area contributed by atoms with E-state index in [-0.39, 0.29) is 0 Å². The van der Waals surface area contributed by atoms with Crippen molar-refractivity contribution in [3.05, 3.63) is 23.8 Å². The molecule has 1 N–H and O–H groups in total. The molecular weight excluding hydrogens is 198 g/mol. The van der Waals surface area contributed by atoms with E-state index in [0.29, 0.717) is 5.92 Å². The fraction of sp³-hybridized carbons (Fsp3) is 0.692.